The molecule has 0 N–H and O–H groups in total. The van der Waals surface area contributed by atoms with Crippen molar-refractivity contribution in [3.8, 4) is 0 Å². The van der Waals surface area contributed by atoms with E-state index in [1.165, 1.54) is 0 Å². The summed E-state index contributed by atoms with van der Waals surface area (Å²) in [6.07, 6.45) is 1.87. The average molecular weight is 312 g/mol. The lowest BCUT2D eigenvalue weighted by atomic mass is 9.88. The molecule has 0 aromatic heterocycles. The van der Waals surface area contributed by atoms with Gasteiger partial charge in [-0.2, -0.15) is 0 Å². The Kier molecular flexibility index (Phi) is 5.42. The normalized spacial score (nSPS) is 28.2. The fourth-order valence-electron chi connectivity index (χ4n) is 3.10. The first-order chi connectivity index (χ1) is 10.4. The molecule has 2 bridgehead atoms. The Morgan fingerprint density at radius 3 is 2.68 bits per heavy atom. The van der Waals surface area contributed by atoms with Gasteiger partial charge in [0.25, 0.3) is 0 Å². The first-order valence-electron chi connectivity index (χ1n) is 7.93. The summed E-state index contributed by atoms with van der Waals surface area (Å²) in [6, 6.07) is 0. The molecule has 1 heterocycles. The standard InChI is InChI=1S/C16H24O6/c1-9(2)6-10(3)15(18)20-8-14(17)21-12-5-4-11-7-13(12)22-16(11)19/h9-13H,4-8H2,1-3H3. The zero-order chi connectivity index (χ0) is 16.3. The van der Waals surface area contributed by atoms with Gasteiger partial charge in [0, 0.05) is 6.42 Å². The molecule has 0 aromatic carbocycles. The van der Waals surface area contributed by atoms with Crippen molar-refractivity contribution in [3.63, 3.8) is 0 Å². The lowest BCUT2D eigenvalue weighted by Gasteiger charge is -2.25. The molecule has 2 rings (SSSR count). The number of esters is 3. The van der Waals surface area contributed by atoms with Crippen LogP contribution in [0.2, 0.25) is 0 Å². The maximum absolute atomic E-state index is 11.8. The van der Waals surface area contributed by atoms with Gasteiger partial charge in [0.15, 0.2) is 6.61 Å². The predicted molar refractivity (Wildman–Crippen MR) is 76.7 cm³/mol. The Labute approximate surface area is 130 Å². The third kappa shape index (κ3) is 4.21. The van der Waals surface area contributed by atoms with E-state index in [0.29, 0.717) is 25.2 Å². The summed E-state index contributed by atoms with van der Waals surface area (Å²) in [4.78, 5) is 35.0. The molecule has 124 valence electrons. The van der Waals surface area contributed by atoms with Crippen LogP contribution in [0.1, 0.15) is 46.5 Å². The van der Waals surface area contributed by atoms with Gasteiger partial charge in [-0.3, -0.25) is 9.59 Å². The molecule has 22 heavy (non-hydrogen) atoms. The van der Waals surface area contributed by atoms with Gasteiger partial charge < -0.3 is 14.2 Å². The highest BCUT2D eigenvalue weighted by Crippen LogP contribution is 2.35. The van der Waals surface area contributed by atoms with E-state index in [2.05, 4.69) is 0 Å². The molecule has 4 atom stereocenters. The van der Waals surface area contributed by atoms with E-state index in [-0.39, 0.29) is 36.5 Å². The van der Waals surface area contributed by atoms with Crippen LogP contribution in [0.5, 0.6) is 0 Å². The summed E-state index contributed by atoms with van der Waals surface area (Å²) < 4.78 is 15.5. The maximum atomic E-state index is 11.8. The largest absolute Gasteiger partial charge is 0.458 e. The van der Waals surface area contributed by atoms with Crippen molar-refractivity contribution in [1.82, 2.24) is 0 Å². The van der Waals surface area contributed by atoms with Crippen LogP contribution >= 0.6 is 0 Å². The third-order valence-electron chi connectivity index (χ3n) is 4.17. The second-order valence-corrected chi connectivity index (χ2v) is 6.65. The van der Waals surface area contributed by atoms with Gasteiger partial charge in [0.05, 0.1) is 11.8 Å². The molecule has 1 aliphatic heterocycles. The molecule has 4 unspecified atom stereocenters. The van der Waals surface area contributed by atoms with Crippen molar-refractivity contribution >= 4 is 17.9 Å². The second kappa shape index (κ2) is 7.11. The third-order valence-corrected chi connectivity index (χ3v) is 4.17. The minimum Gasteiger partial charge on any atom is -0.458 e. The van der Waals surface area contributed by atoms with Crippen LogP contribution in [0.3, 0.4) is 0 Å². The Morgan fingerprint density at radius 1 is 1.27 bits per heavy atom. The Balaban J connectivity index is 1.72. The van der Waals surface area contributed by atoms with Crippen molar-refractivity contribution < 1.29 is 28.6 Å². The molecule has 1 aliphatic carbocycles. The minimum absolute atomic E-state index is 0.0466. The molecule has 0 amide bonds. The van der Waals surface area contributed by atoms with Crippen LogP contribution in [0.4, 0.5) is 0 Å². The van der Waals surface area contributed by atoms with Gasteiger partial charge in [-0.1, -0.05) is 20.8 Å². The predicted octanol–water partition coefficient (Wildman–Crippen LogP) is 1.85. The van der Waals surface area contributed by atoms with E-state index in [9.17, 15) is 14.4 Å². The molecule has 6 heteroatoms. The van der Waals surface area contributed by atoms with E-state index >= 15 is 0 Å². The summed E-state index contributed by atoms with van der Waals surface area (Å²) in [6.45, 7) is 5.45. The Bertz CT molecular complexity index is 444. The highest BCUT2D eigenvalue weighted by Gasteiger charge is 2.45. The first kappa shape index (κ1) is 16.8. The van der Waals surface area contributed by atoms with Crippen LogP contribution in [-0.2, 0) is 28.6 Å². The molecular formula is C16H24O6. The lowest BCUT2D eigenvalue weighted by molar-refractivity contribution is -0.170. The van der Waals surface area contributed by atoms with Crippen molar-refractivity contribution in [2.24, 2.45) is 17.8 Å². The second-order valence-electron chi connectivity index (χ2n) is 6.65. The fourth-order valence-corrected chi connectivity index (χ4v) is 3.10. The molecule has 0 spiro atoms. The molecule has 2 aliphatic rings. The van der Waals surface area contributed by atoms with E-state index in [1.807, 2.05) is 13.8 Å². The monoisotopic (exact) mass is 312 g/mol. The molecule has 1 saturated carbocycles. The van der Waals surface area contributed by atoms with Crippen LogP contribution in [0.15, 0.2) is 0 Å². The van der Waals surface area contributed by atoms with Gasteiger partial charge in [-0.05, 0) is 25.2 Å². The Hall–Kier alpha value is -1.59. The van der Waals surface area contributed by atoms with Gasteiger partial charge in [0.1, 0.15) is 12.2 Å². The number of hydrogen-bond donors (Lipinski definition) is 0. The molecular weight excluding hydrogens is 288 g/mol. The number of carbonyl (C=O) groups excluding carboxylic acids is 3. The summed E-state index contributed by atoms with van der Waals surface area (Å²) >= 11 is 0. The number of rotatable bonds is 6. The average Bonchev–Trinajstić information content (AvgIpc) is 2.74. The number of ether oxygens (including phenoxy) is 3. The zero-order valence-electron chi connectivity index (χ0n) is 13.4. The van der Waals surface area contributed by atoms with Crippen molar-refractivity contribution in [1.29, 1.82) is 0 Å². The summed E-state index contributed by atoms with van der Waals surface area (Å²) in [5.74, 6) is -1.06. The Morgan fingerprint density at radius 2 is 2.00 bits per heavy atom. The van der Waals surface area contributed by atoms with Gasteiger partial charge in [-0.15, -0.1) is 0 Å². The van der Waals surface area contributed by atoms with Crippen LogP contribution in [-0.4, -0.2) is 36.7 Å². The quantitative estimate of drug-likeness (QED) is 0.550. The van der Waals surface area contributed by atoms with Gasteiger partial charge in [0.2, 0.25) is 0 Å². The van der Waals surface area contributed by atoms with E-state index < -0.39 is 12.1 Å². The summed E-state index contributed by atoms with van der Waals surface area (Å²) in [5.41, 5.74) is 0. The van der Waals surface area contributed by atoms with Crippen LogP contribution < -0.4 is 0 Å². The fraction of sp³-hybridized carbons (Fsp3) is 0.812. The maximum Gasteiger partial charge on any atom is 0.344 e. The first-order valence-corrected chi connectivity index (χ1v) is 7.93. The zero-order valence-corrected chi connectivity index (χ0v) is 13.4. The SMILES string of the molecule is CC(C)CC(C)C(=O)OCC(=O)OC1CCC2CC1OC2=O. The van der Waals surface area contributed by atoms with Crippen LogP contribution in [0.25, 0.3) is 0 Å². The lowest BCUT2D eigenvalue weighted by Crippen LogP contribution is -2.35. The number of hydrogen-bond acceptors (Lipinski definition) is 6. The van der Waals surface area contributed by atoms with E-state index in [0.717, 1.165) is 6.42 Å². The van der Waals surface area contributed by atoms with Crippen molar-refractivity contribution in [2.45, 2.75) is 58.7 Å². The van der Waals surface area contributed by atoms with Gasteiger partial charge >= 0.3 is 17.9 Å². The van der Waals surface area contributed by atoms with E-state index in [1.54, 1.807) is 6.92 Å². The van der Waals surface area contributed by atoms with Crippen molar-refractivity contribution in [3.05, 3.63) is 0 Å². The number of carbonyl (C=O) groups is 3. The minimum atomic E-state index is -0.587. The number of fused-ring (bicyclic) bond motifs is 2. The summed E-state index contributed by atoms with van der Waals surface area (Å²) in [5, 5.41) is 0. The molecule has 0 aromatic rings. The molecule has 2 fully saturated rings. The van der Waals surface area contributed by atoms with Gasteiger partial charge in [-0.25, -0.2) is 4.79 Å². The molecule has 1 saturated heterocycles. The summed E-state index contributed by atoms with van der Waals surface area (Å²) in [7, 11) is 0. The highest BCUT2D eigenvalue weighted by molar-refractivity contribution is 5.78. The van der Waals surface area contributed by atoms with Crippen LogP contribution in [0, 0.1) is 17.8 Å². The molecule has 6 nitrogen and oxygen atoms in total. The molecule has 0 radical (unpaired) electrons. The topological polar surface area (TPSA) is 78.9 Å². The van der Waals surface area contributed by atoms with E-state index in [4.69, 9.17) is 14.2 Å². The smallest absolute Gasteiger partial charge is 0.344 e. The van der Waals surface area contributed by atoms with Crippen molar-refractivity contribution in [2.75, 3.05) is 6.61 Å². The highest BCUT2D eigenvalue weighted by atomic mass is 16.6.